The monoisotopic (exact) mass is 351 g/mol. The van der Waals surface area contributed by atoms with E-state index >= 15 is 0 Å². The summed E-state index contributed by atoms with van der Waals surface area (Å²) in [5.74, 6) is 0.679. The average Bonchev–Trinajstić information content (AvgIpc) is 2.74. The number of hydrogen-bond acceptors (Lipinski definition) is 3. The molecule has 2 aliphatic rings. The van der Waals surface area contributed by atoms with Crippen LogP contribution < -0.4 is 0 Å². The van der Waals surface area contributed by atoms with Crippen LogP contribution in [0.3, 0.4) is 0 Å². The Labute approximate surface area is 153 Å². The molecular formula is C21H37NO3. The summed E-state index contributed by atoms with van der Waals surface area (Å²) >= 11 is 0. The first-order valence-corrected chi connectivity index (χ1v) is 10.0. The van der Waals surface area contributed by atoms with Gasteiger partial charge in [-0.05, 0) is 53.4 Å². The lowest BCUT2D eigenvalue weighted by Gasteiger charge is -2.36. The molecule has 2 fully saturated rings. The van der Waals surface area contributed by atoms with Crippen molar-refractivity contribution in [1.29, 1.82) is 0 Å². The molecule has 0 unspecified atom stereocenters. The first-order valence-electron chi connectivity index (χ1n) is 10.0. The molecule has 1 aliphatic heterocycles. The highest BCUT2D eigenvalue weighted by molar-refractivity contribution is 5.70. The second-order valence-corrected chi connectivity index (χ2v) is 9.02. The third-order valence-corrected chi connectivity index (χ3v) is 5.17. The zero-order valence-corrected chi connectivity index (χ0v) is 17.0. The molecule has 0 aromatic rings. The molecule has 144 valence electrons. The van der Waals surface area contributed by atoms with Crippen molar-refractivity contribution in [2.75, 3.05) is 0 Å². The van der Waals surface area contributed by atoms with Crippen LogP contribution in [-0.2, 0) is 9.47 Å². The molecule has 2 atom stereocenters. The van der Waals surface area contributed by atoms with Gasteiger partial charge in [-0.2, -0.15) is 0 Å². The SMILES string of the molecule is CC/C=C/[C@@H]1OC(C)(C)N(C(=O)OC(C)(C)C)[C@H]1CC1CCCCC1. The summed E-state index contributed by atoms with van der Waals surface area (Å²) < 4.78 is 12.0. The lowest BCUT2D eigenvalue weighted by atomic mass is 9.83. The van der Waals surface area contributed by atoms with Crippen LogP contribution in [0.5, 0.6) is 0 Å². The van der Waals surface area contributed by atoms with Gasteiger partial charge in [0.05, 0.1) is 12.1 Å². The second-order valence-electron chi connectivity index (χ2n) is 9.02. The normalized spacial score (nSPS) is 27.8. The van der Waals surface area contributed by atoms with Gasteiger partial charge in [0, 0.05) is 0 Å². The fourth-order valence-corrected chi connectivity index (χ4v) is 4.12. The van der Waals surface area contributed by atoms with E-state index in [4.69, 9.17) is 9.47 Å². The van der Waals surface area contributed by atoms with Gasteiger partial charge in [-0.1, -0.05) is 51.2 Å². The van der Waals surface area contributed by atoms with Gasteiger partial charge in [-0.3, -0.25) is 4.90 Å². The van der Waals surface area contributed by atoms with Gasteiger partial charge in [-0.15, -0.1) is 0 Å². The fourth-order valence-electron chi connectivity index (χ4n) is 4.12. The van der Waals surface area contributed by atoms with Gasteiger partial charge in [0.15, 0.2) is 0 Å². The van der Waals surface area contributed by atoms with E-state index in [9.17, 15) is 4.79 Å². The van der Waals surface area contributed by atoms with Gasteiger partial charge in [0.2, 0.25) is 0 Å². The van der Waals surface area contributed by atoms with Crippen LogP contribution in [0.15, 0.2) is 12.2 Å². The van der Waals surface area contributed by atoms with Crippen LogP contribution in [0.4, 0.5) is 4.79 Å². The molecular weight excluding hydrogens is 314 g/mol. The van der Waals surface area contributed by atoms with Crippen LogP contribution in [0.25, 0.3) is 0 Å². The number of nitrogens with zero attached hydrogens (tertiary/aromatic N) is 1. The van der Waals surface area contributed by atoms with Crippen LogP contribution in [0.2, 0.25) is 0 Å². The summed E-state index contributed by atoms with van der Waals surface area (Å²) in [5, 5.41) is 0. The van der Waals surface area contributed by atoms with Crippen molar-refractivity contribution in [2.24, 2.45) is 5.92 Å². The van der Waals surface area contributed by atoms with E-state index in [1.807, 2.05) is 39.5 Å². The third-order valence-electron chi connectivity index (χ3n) is 5.17. The Morgan fingerprint density at radius 3 is 2.44 bits per heavy atom. The van der Waals surface area contributed by atoms with Gasteiger partial charge >= 0.3 is 6.09 Å². The number of ether oxygens (including phenoxy) is 2. The maximum absolute atomic E-state index is 12.9. The lowest BCUT2D eigenvalue weighted by molar-refractivity contribution is -0.0719. The maximum atomic E-state index is 12.9. The van der Waals surface area contributed by atoms with Gasteiger partial charge in [0.25, 0.3) is 0 Å². The summed E-state index contributed by atoms with van der Waals surface area (Å²) in [5.41, 5.74) is -1.15. The second kappa shape index (κ2) is 8.11. The molecule has 1 saturated heterocycles. The van der Waals surface area contributed by atoms with Gasteiger partial charge in [-0.25, -0.2) is 4.79 Å². The summed E-state index contributed by atoms with van der Waals surface area (Å²) in [6.07, 6.45) is 12.4. The zero-order valence-electron chi connectivity index (χ0n) is 17.0. The van der Waals surface area contributed by atoms with E-state index in [2.05, 4.69) is 19.1 Å². The van der Waals surface area contributed by atoms with Crippen LogP contribution in [-0.4, -0.2) is 34.5 Å². The smallest absolute Gasteiger partial charge is 0.412 e. The van der Waals surface area contributed by atoms with Gasteiger partial charge < -0.3 is 9.47 Å². The number of allylic oxidation sites excluding steroid dienone is 1. The molecule has 2 rings (SSSR count). The van der Waals surface area contributed by atoms with E-state index in [0.717, 1.165) is 12.8 Å². The largest absolute Gasteiger partial charge is 0.444 e. The number of carbonyl (C=O) groups excluding carboxylic acids is 1. The summed E-state index contributed by atoms with van der Waals surface area (Å²) in [4.78, 5) is 14.8. The standard InChI is InChI=1S/C21H37NO3/c1-7-8-14-18-17(15-16-12-10-9-11-13-16)22(21(5,6)24-18)19(23)25-20(2,3)4/h8,14,16-18H,7,9-13,15H2,1-6H3/b14-8+/t17-,18-/m0/s1. The molecule has 0 radical (unpaired) electrons. The summed E-state index contributed by atoms with van der Waals surface area (Å²) in [6, 6.07) is 0.0516. The van der Waals surface area contributed by atoms with Crippen LogP contribution >= 0.6 is 0 Å². The quantitative estimate of drug-likeness (QED) is 0.613. The molecule has 1 heterocycles. The Balaban J connectivity index is 2.23. The Morgan fingerprint density at radius 2 is 1.88 bits per heavy atom. The van der Waals surface area contributed by atoms with Crippen molar-refractivity contribution in [2.45, 2.75) is 110 Å². The van der Waals surface area contributed by atoms with Crippen molar-refractivity contribution < 1.29 is 14.3 Å². The Morgan fingerprint density at radius 1 is 1.24 bits per heavy atom. The molecule has 0 N–H and O–H groups in total. The van der Waals surface area contributed by atoms with E-state index in [1.165, 1.54) is 32.1 Å². The Hall–Kier alpha value is -1.03. The van der Waals surface area contributed by atoms with Crippen LogP contribution in [0.1, 0.15) is 86.5 Å². The van der Waals surface area contributed by atoms with Crippen molar-refractivity contribution >= 4 is 6.09 Å². The first-order chi connectivity index (χ1) is 11.6. The minimum atomic E-state index is -0.648. The van der Waals surface area contributed by atoms with Crippen molar-refractivity contribution in [3.05, 3.63) is 12.2 Å². The zero-order chi connectivity index (χ0) is 18.7. The van der Waals surface area contributed by atoms with E-state index in [0.29, 0.717) is 5.92 Å². The molecule has 4 heteroatoms. The topological polar surface area (TPSA) is 38.8 Å². The highest BCUT2D eigenvalue weighted by Crippen LogP contribution is 2.39. The number of rotatable bonds is 4. The number of hydrogen-bond donors (Lipinski definition) is 0. The molecule has 1 saturated carbocycles. The molecule has 4 nitrogen and oxygen atoms in total. The van der Waals surface area contributed by atoms with Crippen molar-refractivity contribution in [3.63, 3.8) is 0 Å². The molecule has 25 heavy (non-hydrogen) atoms. The first kappa shape index (κ1) is 20.3. The van der Waals surface area contributed by atoms with Gasteiger partial charge in [0.1, 0.15) is 11.3 Å². The molecule has 1 aliphatic carbocycles. The highest BCUT2D eigenvalue weighted by Gasteiger charge is 2.50. The molecule has 0 spiro atoms. The third kappa shape index (κ3) is 5.47. The fraction of sp³-hybridized carbons (Fsp3) is 0.857. The van der Waals surface area contributed by atoms with Crippen LogP contribution in [0, 0.1) is 5.92 Å². The number of carbonyl (C=O) groups is 1. The predicted octanol–water partition coefficient (Wildman–Crippen LogP) is 5.66. The van der Waals surface area contributed by atoms with E-state index < -0.39 is 11.3 Å². The number of amides is 1. The summed E-state index contributed by atoms with van der Waals surface area (Å²) in [7, 11) is 0. The molecule has 0 aromatic carbocycles. The minimum absolute atomic E-state index is 0.0515. The lowest BCUT2D eigenvalue weighted by Crippen LogP contribution is -2.50. The van der Waals surface area contributed by atoms with Crippen molar-refractivity contribution in [1.82, 2.24) is 4.90 Å². The molecule has 1 amide bonds. The van der Waals surface area contributed by atoms with E-state index in [-0.39, 0.29) is 18.2 Å². The Bertz CT molecular complexity index is 472. The highest BCUT2D eigenvalue weighted by atomic mass is 16.6. The Kier molecular flexibility index (Phi) is 6.58. The maximum Gasteiger partial charge on any atom is 0.412 e. The molecule has 0 aromatic heterocycles. The summed E-state index contributed by atoms with van der Waals surface area (Å²) in [6.45, 7) is 11.8. The molecule has 0 bridgehead atoms. The predicted molar refractivity (Wildman–Crippen MR) is 101 cm³/mol. The minimum Gasteiger partial charge on any atom is -0.444 e. The van der Waals surface area contributed by atoms with Crippen molar-refractivity contribution in [3.8, 4) is 0 Å². The van der Waals surface area contributed by atoms with E-state index in [1.54, 1.807) is 0 Å². The average molecular weight is 352 g/mol.